The second-order valence-corrected chi connectivity index (χ2v) is 6.48. The SMILES string of the molecule is [C-]#[N+]c1ccc(C2=NOC(CC3CCN(B(C)O)CC3)C2)cc1. The maximum Gasteiger partial charge on any atom is 0.376 e. The lowest BCUT2D eigenvalue weighted by atomic mass is 9.79. The summed E-state index contributed by atoms with van der Waals surface area (Å²) in [6.45, 7) is 10.7. The zero-order valence-corrected chi connectivity index (χ0v) is 13.5. The Balaban J connectivity index is 1.49. The standard InChI is InChI=1S/C17H22BN3O2/c1-18(22)21-9-7-13(8-10-21)11-16-12-17(20-23-16)14-3-5-15(19-2)6-4-14/h3-6,13,16,22H,7-12H2,1H3. The highest BCUT2D eigenvalue weighted by atomic mass is 16.6. The van der Waals surface area contributed by atoms with E-state index in [-0.39, 0.29) is 13.2 Å². The Kier molecular flexibility index (Phi) is 4.99. The molecule has 1 N–H and O–H groups in total. The molecule has 1 aromatic rings. The van der Waals surface area contributed by atoms with Gasteiger partial charge in [0, 0.05) is 6.42 Å². The monoisotopic (exact) mass is 311 g/mol. The van der Waals surface area contributed by atoms with Gasteiger partial charge in [0.15, 0.2) is 5.69 Å². The van der Waals surface area contributed by atoms with Gasteiger partial charge in [-0.05, 0) is 50.7 Å². The third-order valence-corrected chi connectivity index (χ3v) is 4.84. The first-order valence-corrected chi connectivity index (χ1v) is 8.28. The minimum absolute atomic E-state index is 0.161. The van der Waals surface area contributed by atoms with Crippen molar-refractivity contribution in [3.8, 4) is 0 Å². The lowest BCUT2D eigenvalue weighted by Crippen LogP contribution is -2.43. The van der Waals surface area contributed by atoms with E-state index in [1.807, 2.05) is 31.1 Å². The number of nitrogens with zero attached hydrogens (tertiary/aromatic N) is 3. The fraction of sp³-hybridized carbons (Fsp3) is 0.529. The van der Waals surface area contributed by atoms with E-state index >= 15 is 0 Å². The number of rotatable bonds is 4. The largest absolute Gasteiger partial charge is 0.437 e. The zero-order chi connectivity index (χ0) is 16.2. The maximum absolute atomic E-state index is 9.61. The fourth-order valence-corrected chi connectivity index (χ4v) is 3.39. The smallest absolute Gasteiger partial charge is 0.376 e. The van der Waals surface area contributed by atoms with Crippen LogP contribution in [0.5, 0.6) is 0 Å². The van der Waals surface area contributed by atoms with Gasteiger partial charge in [-0.1, -0.05) is 29.4 Å². The summed E-state index contributed by atoms with van der Waals surface area (Å²) < 4.78 is 0. The molecule has 1 fully saturated rings. The number of oxime groups is 1. The highest BCUT2D eigenvalue weighted by Crippen LogP contribution is 2.28. The van der Waals surface area contributed by atoms with Crippen molar-refractivity contribution in [3.05, 3.63) is 41.2 Å². The summed E-state index contributed by atoms with van der Waals surface area (Å²) in [4.78, 5) is 11.1. The van der Waals surface area contributed by atoms with Crippen LogP contribution in [0, 0.1) is 12.5 Å². The van der Waals surface area contributed by atoms with Crippen LogP contribution in [0.3, 0.4) is 0 Å². The summed E-state index contributed by atoms with van der Waals surface area (Å²) in [5, 5.41) is 13.9. The van der Waals surface area contributed by atoms with Gasteiger partial charge in [0.25, 0.3) is 0 Å². The molecular weight excluding hydrogens is 289 g/mol. The zero-order valence-electron chi connectivity index (χ0n) is 13.5. The summed E-state index contributed by atoms with van der Waals surface area (Å²) in [7, 11) is -0.341. The van der Waals surface area contributed by atoms with E-state index in [1.54, 1.807) is 0 Å². The molecule has 120 valence electrons. The molecule has 2 heterocycles. The summed E-state index contributed by atoms with van der Waals surface area (Å²) in [5.74, 6) is 0.647. The molecule has 1 saturated heterocycles. The Bertz CT molecular complexity index is 601. The van der Waals surface area contributed by atoms with Crippen molar-refractivity contribution in [1.29, 1.82) is 0 Å². The van der Waals surface area contributed by atoms with Gasteiger partial charge >= 0.3 is 7.05 Å². The van der Waals surface area contributed by atoms with Crippen LogP contribution in [0.25, 0.3) is 4.85 Å². The molecule has 0 spiro atoms. The van der Waals surface area contributed by atoms with Gasteiger partial charge in [0.05, 0.1) is 12.3 Å². The molecule has 5 nitrogen and oxygen atoms in total. The van der Waals surface area contributed by atoms with Gasteiger partial charge in [-0.25, -0.2) is 4.85 Å². The number of hydrogen-bond donors (Lipinski definition) is 1. The van der Waals surface area contributed by atoms with E-state index in [9.17, 15) is 5.02 Å². The molecule has 23 heavy (non-hydrogen) atoms. The fourth-order valence-electron chi connectivity index (χ4n) is 3.39. The first-order valence-electron chi connectivity index (χ1n) is 8.28. The molecular formula is C17H22BN3O2. The Morgan fingerprint density at radius 3 is 2.65 bits per heavy atom. The Hall–Kier alpha value is -1.84. The minimum Gasteiger partial charge on any atom is -0.437 e. The van der Waals surface area contributed by atoms with Gasteiger partial charge in [-0.2, -0.15) is 0 Å². The predicted octanol–water partition coefficient (Wildman–Crippen LogP) is 2.94. The summed E-state index contributed by atoms with van der Waals surface area (Å²) in [5.41, 5.74) is 2.67. The second-order valence-electron chi connectivity index (χ2n) is 6.48. The van der Waals surface area contributed by atoms with Crippen LogP contribution in [-0.2, 0) is 4.84 Å². The maximum atomic E-state index is 9.61. The van der Waals surface area contributed by atoms with Crippen molar-refractivity contribution in [3.63, 3.8) is 0 Å². The molecule has 0 bridgehead atoms. The average molecular weight is 311 g/mol. The normalized spacial score (nSPS) is 22.3. The molecule has 0 saturated carbocycles. The van der Waals surface area contributed by atoms with Gasteiger partial charge < -0.3 is 14.7 Å². The van der Waals surface area contributed by atoms with E-state index in [4.69, 9.17) is 11.4 Å². The van der Waals surface area contributed by atoms with Crippen LogP contribution in [0.2, 0.25) is 6.82 Å². The molecule has 0 aliphatic carbocycles. The quantitative estimate of drug-likeness (QED) is 0.687. The molecule has 2 aliphatic rings. The van der Waals surface area contributed by atoms with Crippen LogP contribution in [0.1, 0.15) is 31.2 Å². The lowest BCUT2D eigenvalue weighted by molar-refractivity contribution is 0.0576. The van der Waals surface area contributed by atoms with Crippen LogP contribution in [-0.4, -0.2) is 41.8 Å². The summed E-state index contributed by atoms with van der Waals surface area (Å²) in [6, 6.07) is 7.53. The number of piperidine rings is 1. The Morgan fingerprint density at radius 1 is 1.35 bits per heavy atom. The molecule has 1 atom stereocenters. The topological polar surface area (TPSA) is 49.4 Å². The first kappa shape index (κ1) is 16.0. The lowest BCUT2D eigenvalue weighted by Gasteiger charge is -2.33. The highest BCUT2D eigenvalue weighted by molar-refractivity contribution is 6.45. The summed E-state index contributed by atoms with van der Waals surface area (Å²) in [6.07, 6.45) is 4.25. The first-order chi connectivity index (χ1) is 11.2. The van der Waals surface area contributed by atoms with Crippen molar-refractivity contribution in [1.82, 2.24) is 4.81 Å². The average Bonchev–Trinajstić information content (AvgIpc) is 3.04. The Labute approximate surface area is 137 Å². The van der Waals surface area contributed by atoms with Gasteiger partial charge in [-0.15, -0.1) is 0 Å². The predicted molar refractivity (Wildman–Crippen MR) is 91.5 cm³/mol. The third-order valence-electron chi connectivity index (χ3n) is 4.84. The van der Waals surface area contributed by atoms with Crippen LogP contribution >= 0.6 is 0 Å². The van der Waals surface area contributed by atoms with E-state index < -0.39 is 0 Å². The van der Waals surface area contributed by atoms with Crippen molar-refractivity contribution in [2.75, 3.05) is 13.1 Å². The van der Waals surface area contributed by atoms with Crippen LogP contribution in [0.4, 0.5) is 5.69 Å². The molecule has 6 heteroatoms. The van der Waals surface area contributed by atoms with Gasteiger partial charge in [0.2, 0.25) is 0 Å². The minimum atomic E-state index is -0.341. The van der Waals surface area contributed by atoms with E-state index in [0.29, 0.717) is 11.6 Å². The molecule has 3 rings (SSSR count). The van der Waals surface area contributed by atoms with Crippen molar-refractivity contribution < 1.29 is 9.86 Å². The molecule has 2 aliphatic heterocycles. The Morgan fingerprint density at radius 2 is 2.04 bits per heavy atom. The van der Waals surface area contributed by atoms with Crippen molar-refractivity contribution in [2.24, 2.45) is 11.1 Å². The molecule has 1 aromatic carbocycles. The molecule has 1 unspecified atom stereocenters. The van der Waals surface area contributed by atoms with Crippen molar-refractivity contribution >= 4 is 18.4 Å². The third kappa shape index (κ3) is 3.93. The van der Waals surface area contributed by atoms with Crippen LogP contribution in [0.15, 0.2) is 29.4 Å². The number of hydrogen-bond acceptors (Lipinski definition) is 4. The number of benzene rings is 1. The second kappa shape index (κ2) is 7.16. The highest BCUT2D eigenvalue weighted by Gasteiger charge is 2.29. The summed E-state index contributed by atoms with van der Waals surface area (Å²) >= 11 is 0. The van der Waals surface area contributed by atoms with E-state index in [2.05, 4.69) is 14.8 Å². The van der Waals surface area contributed by atoms with Crippen LogP contribution < -0.4 is 0 Å². The van der Waals surface area contributed by atoms with E-state index in [0.717, 1.165) is 50.0 Å². The van der Waals surface area contributed by atoms with Gasteiger partial charge in [-0.3, -0.25) is 0 Å². The molecule has 0 radical (unpaired) electrons. The van der Waals surface area contributed by atoms with E-state index in [1.165, 1.54) is 0 Å². The molecule has 0 aromatic heterocycles. The van der Waals surface area contributed by atoms with Crippen molar-refractivity contribution in [2.45, 2.75) is 38.6 Å². The molecule has 0 amide bonds. The van der Waals surface area contributed by atoms with Gasteiger partial charge in [0.1, 0.15) is 6.10 Å².